The molecule has 9 nitrogen and oxygen atoms in total. The number of hydrogen-bond acceptors (Lipinski definition) is 5. The van der Waals surface area contributed by atoms with Gasteiger partial charge in [-0.15, -0.1) is 0 Å². The van der Waals surface area contributed by atoms with Crippen molar-refractivity contribution in [3.8, 4) is 0 Å². The number of rotatable bonds is 8. The Hall–Kier alpha value is -2.46. The van der Waals surface area contributed by atoms with E-state index in [1.807, 2.05) is 0 Å². The Kier molecular flexibility index (Phi) is 6.86. The zero-order valence-electron chi connectivity index (χ0n) is 13.3. The molecule has 0 unspecified atom stereocenters. The first-order valence-corrected chi connectivity index (χ1v) is 8.60. The van der Waals surface area contributed by atoms with Gasteiger partial charge in [0.15, 0.2) is 0 Å². The van der Waals surface area contributed by atoms with Crippen LogP contribution < -0.4 is 10.6 Å². The minimum atomic E-state index is -3.45. The lowest BCUT2D eigenvalue weighted by molar-refractivity contribution is -0.135. The van der Waals surface area contributed by atoms with E-state index in [1.165, 1.54) is 38.2 Å². The van der Waals surface area contributed by atoms with E-state index in [4.69, 9.17) is 5.11 Å². The summed E-state index contributed by atoms with van der Waals surface area (Å²) in [5.41, 5.74) is 0.622. The SMILES string of the molecule is CCS(=O)(=O)N(C)CC(=O)Nc1ccc(C(=O)NCC(=O)O)cc1. The second kappa shape index (κ2) is 8.41. The average Bonchev–Trinajstić information content (AvgIpc) is 2.53. The molecule has 0 aliphatic rings. The quantitative estimate of drug-likeness (QED) is 0.586. The molecular weight excluding hydrogens is 338 g/mol. The Bertz CT molecular complexity index is 715. The van der Waals surface area contributed by atoms with Gasteiger partial charge in [-0.2, -0.15) is 4.31 Å². The zero-order chi connectivity index (χ0) is 18.3. The fourth-order valence-corrected chi connectivity index (χ4v) is 2.44. The number of hydrogen-bond donors (Lipinski definition) is 3. The summed E-state index contributed by atoms with van der Waals surface area (Å²) in [7, 11) is -2.13. The summed E-state index contributed by atoms with van der Waals surface area (Å²) < 4.78 is 24.1. The van der Waals surface area contributed by atoms with Crippen LogP contribution in [0, 0.1) is 0 Å². The van der Waals surface area contributed by atoms with E-state index in [2.05, 4.69) is 10.6 Å². The predicted octanol–water partition coefficient (Wildman–Crippen LogP) is -0.279. The third-order valence-corrected chi connectivity index (χ3v) is 4.85. The molecule has 0 saturated heterocycles. The number of amides is 2. The fourth-order valence-electron chi connectivity index (χ4n) is 1.68. The largest absolute Gasteiger partial charge is 0.480 e. The number of carbonyl (C=O) groups is 3. The first kappa shape index (κ1) is 19.6. The molecule has 0 aliphatic carbocycles. The second-order valence-corrected chi connectivity index (χ2v) is 7.22. The number of anilines is 1. The first-order chi connectivity index (χ1) is 11.2. The lowest BCUT2D eigenvalue weighted by Crippen LogP contribution is -2.35. The van der Waals surface area contributed by atoms with Crippen molar-refractivity contribution in [2.75, 3.05) is 31.2 Å². The second-order valence-electron chi connectivity index (χ2n) is 4.86. The van der Waals surface area contributed by atoms with Gasteiger partial charge in [0.1, 0.15) is 6.54 Å². The van der Waals surface area contributed by atoms with Crippen molar-refractivity contribution in [2.24, 2.45) is 0 Å². The van der Waals surface area contributed by atoms with Crippen molar-refractivity contribution >= 4 is 33.5 Å². The van der Waals surface area contributed by atoms with Crippen molar-refractivity contribution in [3.05, 3.63) is 29.8 Å². The summed E-state index contributed by atoms with van der Waals surface area (Å²) in [6, 6.07) is 5.75. The third-order valence-electron chi connectivity index (χ3n) is 3.04. The molecule has 132 valence electrons. The van der Waals surface area contributed by atoms with Crippen LogP contribution in [0.5, 0.6) is 0 Å². The standard InChI is InChI=1S/C14H19N3O6S/c1-3-24(22,23)17(2)9-12(18)16-11-6-4-10(5-7-11)14(21)15-8-13(19)20/h4-7H,3,8-9H2,1-2H3,(H,15,21)(H,16,18)(H,19,20). The molecule has 0 bridgehead atoms. The Morgan fingerprint density at radius 3 is 2.25 bits per heavy atom. The van der Waals surface area contributed by atoms with Gasteiger partial charge >= 0.3 is 5.97 Å². The van der Waals surface area contributed by atoms with Crippen molar-refractivity contribution in [3.63, 3.8) is 0 Å². The van der Waals surface area contributed by atoms with Crippen LogP contribution in [0.2, 0.25) is 0 Å². The Balaban J connectivity index is 2.62. The summed E-state index contributed by atoms with van der Waals surface area (Å²) in [4.78, 5) is 33.8. The summed E-state index contributed by atoms with van der Waals surface area (Å²) in [6.07, 6.45) is 0. The smallest absolute Gasteiger partial charge is 0.322 e. The van der Waals surface area contributed by atoms with E-state index in [0.29, 0.717) is 5.69 Å². The maximum absolute atomic E-state index is 11.8. The molecule has 1 aromatic rings. The van der Waals surface area contributed by atoms with Crippen molar-refractivity contribution in [1.29, 1.82) is 0 Å². The number of benzene rings is 1. The van der Waals surface area contributed by atoms with E-state index in [1.54, 1.807) is 0 Å². The minimum absolute atomic E-state index is 0.100. The minimum Gasteiger partial charge on any atom is -0.480 e. The molecule has 1 rings (SSSR count). The fraction of sp³-hybridized carbons (Fsp3) is 0.357. The van der Waals surface area contributed by atoms with Gasteiger partial charge in [-0.1, -0.05) is 0 Å². The molecule has 0 radical (unpaired) electrons. The normalized spacial score (nSPS) is 11.1. The predicted molar refractivity (Wildman–Crippen MR) is 87.1 cm³/mol. The number of carbonyl (C=O) groups excluding carboxylic acids is 2. The van der Waals surface area contributed by atoms with Crippen molar-refractivity contribution in [1.82, 2.24) is 9.62 Å². The van der Waals surface area contributed by atoms with Crippen molar-refractivity contribution < 1.29 is 27.9 Å². The highest BCUT2D eigenvalue weighted by atomic mass is 32.2. The van der Waals surface area contributed by atoms with E-state index >= 15 is 0 Å². The van der Waals surface area contributed by atoms with Crippen LogP contribution in [0.3, 0.4) is 0 Å². The molecule has 0 spiro atoms. The zero-order valence-corrected chi connectivity index (χ0v) is 14.1. The number of aliphatic carboxylic acids is 1. The first-order valence-electron chi connectivity index (χ1n) is 6.99. The molecule has 24 heavy (non-hydrogen) atoms. The molecule has 1 aromatic carbocycles. The summed E-state index contributed by atoms with van der Waals surface area (Å²) in [5.74, 6) is -2.32. The number of sulfonamides is 1. The Labute approximate surface area is 139 Å². The molecule has 0 aromatic heterocycles. The summed E-state index contributed by atoms with van der Waals surface area (Å²) in [6.45, 7) is 0.671. The van der Waals surface area contributed by atoms with Crippen LogP contribution in [0.25, 0.3) is 0 Å². The lowest BCUT2D eigenvalue weighted by Gasteiger charge is -2.15. The molecule has 0 fully saturated rings. The van der Waals surface area contributed by atoms with Crippen LogP contribution >= 0.6 is 0 Å². The summed E-state index contributed by atoms with van der Waals surface area (Å²) >= 11 is 0. The monoisotopic (exact) mass is 357 g/mol. The highest BCUT2D eigenvalue weighted by molar-refractivity contribution is 7.89. The number of nitrogens with zero attached hydrogens (tertiary/aromatic N) is 1. The summed E-state index contributed by atoms with van der Waals surface area (Å²) in [5, 5.41) is 13.2. The molecule has 10 heteroatoms. The van der Waals surface area contributed by atoms with Crippen LogP contribution in [-0.4, -0.2) is 61.5 Å². The van der Waals surface area contributed by atoms with Gasteiger partial charge in [0.05, 0.1) is 12.3 Å². The molecular formula is C14H19N3O6S. The molecule has 0 aliphatic heterocycles. The number of carboxylic acid groups (broad SMARTS) is 1. The lowest BCUT2D eigenvalue weighted by atomic mass is 10.2. The van der Waals surface area contributed by atoms with Crippen LogP contribution in [0.4, 0.5) is 5.69 Å². The van der Waals surface area contributed by atoms with Crippen molar-refractivity contribution in [2.45, 2.75) is 6.92 Å². The Morgan fingerprint density at radius 2 is 1.75 bits per heavy atom. The van der Waals surface area contributed by atoms with E-state index < -0.39 is 34.4 Å². The molecule has 0 atom stereocenters. The number of likely N-dealkylation sites (N-methyl/N-ethyl adjacent to an activating group) is 1. The van der Waals surface area contributed by atoms with Gasteiger partial charge in [-0.25, -0.2) is 8.42 Å². The molecule has 2 amide bonds. The van der Waals surface area contributed by atoms with Gasteiger partial charge < -0.3 is 15.7 Å². The highest BCUT2D eigenvalue weighted by Crippen LogP contribution is 2.10. The average molecular weight is 357 g/mol. The van der Waals surface area contributed by atoms with E-state index in [9.17, 15) is 22.8 Å². The van der Waals surface area contributed by atoms with E-state index in [-0.39, 0.29) is 17.9 Å². The van der Waals surface area contributed by atoms with Gasteiger partial charge in [-0.05, 0) is 31.2 Å². The molecule has 3 N–H and O–H groups in total. The Morgan fingerprint density at radius 1 is 1.17 bits per heavy atom. The van der Waals surface area contributed by atoms with Crippen LogP contribution in [0.1, 0.15) is 17.3 Å². The van der Waals surface area contributed by atoms with Gasteiger partial charge in [0.2, 0.25) is 15.9 Å². The third kappa shape index (κ3) is 5.97. The van der Waals surface area contributed by atoms with Gasteiger partial charge in [-0.3, -0.25) is 14.4 Å². The maximum Gasteiger partial charge on any atom is 0.322 e. The number of nitrogens with one attached hydrogen (secondary N) is 2. The topological polar surface area (TPSA) is 133 Å². The van der Waals surface area contributed by atoms with Gasteiger partial charge in [0.25, 0.3) is 5.91 Å². The number of carboxylic acids is 1. The van der Waals surface area contributed by atoms with Gasteiger partial charge in [0, 0.05) is 18.3 Å². The molecule has 0 heterocycles. The maximum atomic E-state index is 11.8. The van der Waals surface area contributed by atoms with E-state index in [0.717, 1.165) is 4.31 Å². The molecule has 0 saturated carbocycles. The highest BCUT2D eigenvalue weighted by Gasteiger charge is 2.18. The van der Waals surface area contributed by atoms with Crippen LogP contribution in [0.15, 0.2) is 24.3 Å². The van der Waals surface area contributed by atoms with Crippen LogP contribution in [-0.2, 0) is 19.6 Å².